The van der Waals surface area contributed by atoms with Crippen LogP contribution in [0.1, 0.15) is 50.4 Å². The van der Waals surface area contributed by atoms with Crippen molar-refractivity contribution >= 4 is 5.96 Å². The van der Waals surface area contributed by atoms with E-state index in [1.807, 2.05) is 51.8 Å². The molecule has 2 aromatic rings. The monoisotopic (exact) mass is 371 g/mol. The van der Waals surface area contributed by atoms with Gasteiger partial charge in [-0.2, -0.15) is 5.10 Å². The second-order valence-electron chi connectivity index (χ2n) is 7.44. The summed E-state index contributed by atoms with van der Waals surface area (Å²) < 4.78 is 7.58. The maximum absolute atomic E-state index is 5.69. The molecule has 0 saturated carbocycles. The smallest absolute Gasteiger partial charge is 0.193 e. The molecular weight excluding hydrogens is 338 g/mol. The van der Waals surface area contributed by atoms with E-state index in [9.17, 15) is 0 Å². The van der Waals surface area contributed by atoms with Crippen molar-refractivity contribution in [2.24, 2.45) is 12.0 Å². The Morgan fingerprint density at radius 1 is 1.22 bits per heavy atom. The van der Waals surface area contributed by atoms with Gasteiger partial charge in [-0.1, -0.05) is 26.0 Å². The number of rotatable bonds is 7. The zero-order chi connectivity index (χ0) is 20.0. The first-order valence-corrected chi connectivity index (χ1v) is 9.50. The molecule has 1 heterocycles. The fraction of sp³-hybridized carbons (Fsp3) is 0.524. The van der Waals surface area contributed by atoms with Crippen LogP contribution in [0.5, 0.6) is 5.75 Å². The van der Waals surface area contributed by atoms with Gasteiger partial charge >= 0.3 is 0 Å². The molecule has 0 bridgehead atoms. The quantitative estimate of drug-likeness (QED) is 0.597. The summed E-state index contributed by atoms with van der Waals surface area (Å²) in [6.45, 7) is 9.88. The van der Waals surface area contributed by atoms with Gasteiger partial charge < -0.3 is 15.0 Å². The number of hydrogen-bond donors (Lipinski definition) is 1. The molecule has 0 spiro atoms. The van der Waals surface area contributed by atoms with Gasteiger partial charge in [-0.3, -0.25) is 9.67 Å². The van der Waals surface area contributed by atoms with Gasteiger partial charge in [0.1, 0.15) is 5.75 Å². The van der Waals surface area contributed by atoms with Crippen LogP contribution in [0, 0.1) is 0 Å². The molecule has 0 atom stereocenters. The zero-order valence-corrected chi connectivity index (χ0v) is 17.7. The fourth-order valence-electron chi connectivity index (χ4n) is 3.02. The summed E-state index contributed by atoms with van der Waals surface area (Å²) in [4.78, 5) is 6.54. The van der Waals surface area contributed by atoms with Crippen molar-refractivity contribution < 1.29 is 4.74 Å². The van der Waals surface area contributed by atoms with Crippen LogP contribution in [-0.2, 0) is 20.1 Å². The molecule has 0 aliphatic rings. The van der Waals surface area contributed by atoms with Crippen molar-refractivity contribution in [2.45, 2.75) is 52.8 Å². The minimum atomic E-state index is 0.185. The highest BCUT2D eigenvalue weighted by Gasteiger charge is 2.15. The highest BCUT2D eigenvalue weighted by Crippen LogP contribution is 2.18. The third-order valence-electron chi connectivity index (χ3n) is 4.21. The Hall–Kier alpha value is -2.50. The van der Waals surface area contributed by atoms with E-state index in [-0.39, 0.29) is 6.10 Å². The molecule has 27 heavy (non-hydrogen) atoms. The molecule has 2 rings (SSSR count). The van der Waals surface area contributed by atoms with Crippen LogP contribution in [0.2, 0.25) is 0 Å². The fourth-order valence-corrected chi connectivity index (χ4v) is 3.02. The molecule has 0 aliphatic heterocycles. The largest absolute Gasteiger partial charge is 0.491 e. The van der Waals surface area contributed by atoms with Gasteiger partial charge in [0.15, 0.2) is 5.96 Å². The Labute approximate surface area is 163 Å². The van der Waals surface area contributed by atoms with Crippen molar-refractivity contribution in [3.63, 3.8) is 0 Å². The van der Waals surface area contributed by atoms with Crippen molar-refractivity contribution in [2.75, 3.05) is 14.1 Å². The molecule has 0 fully saturated rings. The van der Waals surface area contributed by atoms with Crippen LogP contribution >= 0.6 is 0 Å². The number of aromatic nitrogens is 2. The molecule has 0 aliphatic carbocycles. The van der Waals surface area contributed by atoms with Gasteiger partial charge in [-0.25, -0.2) is 0 Å². The number of aliphatic imine (C=N–C) groups is 1. The Morgan fingerprint density at radius 2 is 1.89 bits per heavy atom. The summed E-state index contributed by atoms with van der Waals surface area (Å²) in [5, 5.41) is 8.02. The molecule has 1 aromatic heterocycles. The molecule has 6 heteroatoms. The van der Waals surface area contributed by atoms with Crippen LogP contribution in [0.3, 0.4) is 0 Å². The highest BCUT2D eigenvalue weighted by molar-refractivity contribution is 5.79. The van der Waals surface area contributed by atoms with E-state index >= 15 is 0 Å². The number of nitrogens with zero attached hydrogens (tertiary/aromatic N) is 4. The number of benzene rings is 1. The first-order chi connectivity index (χ1) is 12.8. The molecule has 6 nitrogen and oxygen atoms in total. The van der Waals surface area contributed by atoms with Gasteiger partial charge in [0.05, 0.1) is 11.8 Å². The third kappa shape index (κ3) is 6.01. The SMILES string of the molecule is CN=C(NCc1ccc(OC(C)C)cc1)N(C)Cc1cn(C)nc1C(C)C. The minimum Gasteiger partial charge on any atom is -0.491 e. The maximum atomic E-state index is 5.69. The Balaban J connectivity index is 1.97. The molecule has 0 unspecified atom stereocenters. The van der Waals surface area contributed by atoms with Crippen LogP contribution in [0.25, 0.3) is 0 Å². The van der Waals surface area contributed by atoms with Gasteiger partial charge in [-0.15, -0.1) is 0 Å². The minimum absolute atomic E-state index is 0.185. The van der Waals surface area contributed by atoms with Gasteiger partial charge in [0.2, 0.25) is 0 Å². The van der Waals surface area contributed by atoms with E-state index in [1.54, 1.807) is 0 Å². The number of ether oxygens (including phenoxy) is 1. The zero-order valence-electron chi connectivity index (χ0n) is 17.7. The average Bonchev–Trinajstić information content (AvgIpc) is 2.97. The molecule has 0 amide bonds. The first kappa shape index (κ1) is 20.8. The normalized spacial score (nSPS) is 12.0. The summed E-state index contributed by atoms with van der Waals surface area (Å²) >= 11 is 0. The van der Waals surface area contributed by atoms with Crippen LogP contribution in [0.4, 0.5) is 0 Å². The van der Waals surface area contributed by atoms with Crippen LogP contribution in [0.15, 0.2) is 35.5 Å². The first-order valence-electron chi connectivity index (χ1n) is 9.50. The van der Waals surface area contributed by atoms with Crippen molar-refractivity contribution in [1.29, 1.82) is 0 Å². The van der Waals surface area contributed by atoms with Gasteiger partial charge in [0.25, 0.3) is 0 Å². The standard InChI is InChI=1S/C21H33N5O/c1-15(2)20-18(14-26(7)24-20)13-25(6)21(22-5)23-12-17-8-10-19(11-9-17)27-16(3)4/h8-11,14-16H,12-13H2,1-7H3,(H,22,23). The summed E-state index contributed by atoms with van der Waals surface area (Å²) in [6, 6.07) is 8.17. The molecule has 1 N–H and O–H groups in total. The van der Waals surface area contributed by atoms with E-state index in [0.717, 1.165) is 23.9 Å². The predicted octanol–water partition coefficient (Wildman–Crippen LogP) is 3.54. The summed E-state index contributed by atoms with van der Waals surface area (Å²) in [6.07, 6.45) is 2.27. The van der Waals surface area contributed by atoms with E-state index in [0.29, 0.717) is 12.5 Å². The number of hydrogen-bond acceptors (Lipinski definition) is 3. The molecule has 0 saturated heterocycles. The second-order valence-corrected chi connectivity index (χ2v) is 7.44. The topological polar surface area (TPSA) is 54.7 Å². The van der Waals surface area contributed by atoms with Crippen molar-refractivity contribution in [3.05, 3.63) is 47.3 Å². The van der Waals surface area contributed by atoms with E-state index in [2.05, 4.69) is 52.5 Å². The molecule has 1 aromatic carbocycles. The molecule has 148 valence electrons. The summed E-state index contributed by atoms with van der Waals surface area (Å²) in [5.41, 5.74) is 3.55. The van der Waals surface area contributed by atoms with Gasteiger partial charge in [0, 0.05) is 46.0 Å². The Kier molecular flexibility index (Phi) is 7.28. The lowest BCUT2D eigenvalue weighted by atomic mass is 10.1. The lowest BCUT2D eigenvalue weighted by Crippen LogP contribution is -2.38. The Bertz CT molecular complexity index is 746. The Morgan fingerprint density at radius 3 is 2.44 bits per heavy atom. The number of guanidine groups is 1. The van der Waals surface area contributed by atoms with E-state index in [1.165, 1.54) is 11.1 Å². The summed E-state index contributed by atoms with van der Waals surface area (Å²) in [7, 11) is 5.83. The van der Waals surface area contributed by atoms with Crippen LogP contribution in [-0.4, -0.2) is 40.8 Å². The number of aryl methyl sites for hydroxylation is 1. The average molecular weight is 372 g/mol. The van der Waals surface area contributed by atoms with E-state index < -0.39 is 0 Å². The van der Waals surface area contributed by atoms with Crippen molar-refractivity contribution in [3.8, 4) is 5.75 Å². The predicted molar refractivity (Wildman–Crippen MR) is 111 cm³/mol. The van der Waals surface area contributed by atoms with E-state index in [4.69, 9.17) is 4.74 Å². The lowest BCUT2D eigenvalue weighted by molar-refractivity contribution is 0.242. The van der Waals surface area contributed by atoms with Crippen molar-refractivity contribution in [1.82, 2.24) is 20.0 Å². The van der Waals surface area contributed by atoms with Crippen LogP contribution < -0.4 is 10.1 Å². The third-order valence-corrected chi connectivity index (χ3v) is 4.21. The maximum Gasteiger partial charge on any atom is 0.193 e. The molecular formula is C21H33N5O. The number of nitrogens with one attached hydrogen (secondary N) is 1. The highest BCUT2D eigenvalue weighted by atomic mass is 16.5. The summed E-state index contributed by atoms with van der Waals surface area (Å²) in [5.74, 6) is 2.15. The molecule has 0 radical (unpaired) electrons. The van der Waals surface area contributed by atoms with Gasteiger partial charge in [-0.05, 0) is 37.5 Å². The second kappa shape index (κ2) is 9.44. The lowest BCUT2D eigenvalue weighted by Gasteiger charge is -2.22.